The summed E-state index contributed by atoms with van der Waals surface area (Å²) in [6.45, 7) is 0. The lowest BCUT2D eigenvalue weighted by atomic mass is 10.1. The van der Waals surface area contributed by atoms with Crippen LogP contribution in [0.25, 0.3) is 11.5 Å². The molecule has 2 amide bonds. The first-order chi connectivity index (χ1) is 12.1. The van der Waals surface area contributed by atoms with Gasteiger partial charge in [0.1, 0.15) is 17.4 Å². The van der Waals surface area contributed by atoms with E-state index in [0.717, 1.165) is 0 Å². The van der Waals surface area contributed by atoms with Crippen LogP contribution in [0.2, 0.25) is 0 Å². The number of pyridine rings is 1. The van der Waals surface area contributed by atoms with E-state index < -0.39 is 23.4 Å². The van der Waals surface area contributed by atoms with Crippen molar-refractivity contribution >= 4 is 11.8 Å². The van der Waals surface area contributed by atoms with Gasteiger partial charge in [-0.05, 0) is 29.8 Å². The number of nitrogens with two attached hydrogens (primary N) is 1. The minimum atomic E-state index is -1.03. The molecule has 0 spiro atoms. The zero-order valence-corrected chi connectivity index (χ0v) is 13.1. The lowest BCUT2D eigenvalue weighted by molar-refractivity contribution is -0.120. The van der Waals surface area contributed by atoms with Gasteiger partial charge in [-0.15, -0.1) is 0 Å². The summed E-state index contributed by atoms with van der Waals surface area (Å²) < 4.78 is 5.20. The van der Waals surface area contributed by atoms with E-state index >= 15 is 0 Å². The molecule has 25 heavy (non-hydrogen) atoms. The van der Waals surface area contributed by atoms with Crippen LogP contribution in [-0.4, -0.2) is 16.8 Å². The van der Waals surface area contributed by atoms with Crippen LogP contribution in [0.4, 0.5) is 0 Å². The largest absolute Gasteiger partial charge is 0.463 e. The lowest BCUT2D eigenvalue weighted by Crippen LogP contribution is -2.39. The van der Waals surface area contributed by atoms with E-state index in [1.165, 1.54) is 12.3 Å². The minimum absolute atomic E-state index is 0.127. The molecule has 0 aliphatic rings. The highest BCUT2D eigenvalue weighted by atomic mass is 16.3. The van der Waals surface area contributed by atoms with Crippen LogP contribution in [-0.2, 0) is 4.79 Å². The fourth-order valence-corrected chi connectivity index (χ4v) is 2.40. The van der Waals surface area contributed by atoms with Crippen molar-refractivity contribution in [1.82, 2.24) is 10.3 Å². The van der Waals surface area contributed by atoms with Gasteiger partial charge in [-0.1, -0.05) is 30.3 Å². The van der Waals surface area contributed by atoms with E-state index in [1.807, 2.05) is 0 Å². The number of benzene rings is 1. The molecule has 0 unspecified atom stereocenters. The van der Waals surface area contributed by atoms with Gasteiger partial charge < -0.3 is 20.5 Å². The third kappa shape index (κ3) is 3.50. The Labute approximate surface area is 142 Å². The highest BCUT2D eigenvalue weighted by Crippen LogP contribution is 2.16. The number of nitrogens with one attached hydrogen (secondary N) is 2. The third-order valence-electron chi connectivity index (χ3n) is 3.63. The van der Waals surface area contributed by atoms with E-state index in [4.69, 9.17) is 10.2 Å². The van der Waals surface area contributed by atoms with Crippen molar-refractivity contribution < 1.29 is 14.0 Å². The summed E-state index contributed by atoms with van der Waals surface area (Å²) in [5.74, 6) is -0.938. The van der Waals surface area contributed by atoms with Gasteiger partial charge in [-0.3, -0.25) is 14.4 Å². The van der Waals surface area contributed by atoms with Crippen molar-refractivity contribution in [1.29, 1.82) is 0 Å². The molecular weight excluding hydrogens is 322 g/mol. The molecule has 4 N–H and O–H groups in total. The number of aromatic nitrogens is 1. The molecule has 0 aliphatic carbocycles. The first kappa shape index (κ1) is 16.3. The second-order valence-electron chi connectivity index (χ2n) is 5.31. The van der Waals surface area contributed by atoms with E-state index in [-0.39, 0.29) is 5.56 Å². The molecule has 3 aromatic rings. The summed E-state index contributed by atoms with van der Waals surface area (Å²) in [6.07, 6.45) is 1.48. The smallest absolute Gasteiger partial charge is 0.261 e. The van der Waals surface area contributed by atoms with Crippen LogP contribution in [0.3, 0.4) is 0 Å². The summed E-state index contributed by atoms with van der Waals surface area (Å²) in [5, 5.41) is 2.49. The number of carbonyl (C=O) groups excluding carboxylic acids is 2. The number of hydrogen-bond donors (Lipinski definition) is 3. The van der Waals surface area contributed by atoms with Crippen molar-refractivity contribution in [3.63, 3.8) is 0 Å². The van der Waals surface area contributed by atoms with E-state index in [9.17, 15) is 14.4 Å². The molecule has 2 heterocycles. The molecule has 7 nitrogen and oxygen atoms in total. The second-order valence-corrected chi connectivity index (χ2v) is 5.31. The molecule has 0 aliphatic heterocycles. The summed E-state index contributed by atoms with van der Waals surface area (Å²) in [4.78, 5) is 38.8. The van der Waals surface area contributed by atoms with Crippen LogP contribution in [0.1, 0.15) is 22.0 Å². The van der Waals surface area contributed by atoms with Crippen molar-refractivity contribution in [2.75, 3.05) is 0 Å². The van der Waals surface area contributed by atoms with Crippen LogP contribution in [0, 0.1) is 0 Å². The summed E-state index contributed by atoms with van der Waals surface area (Å²) in [6, 6.07) is 13.8. The van der Waals surface area contributed by atoms with E-state index in [0.29, 0.717) is 17.0 Å². The summed E-state index contributed by atoms with van der Waals surface area (Å²) >= 11 is 0. The van der Waals surface area contributed by atoms with E-state index in [1.54, 1.807) is 48.5 Å². The van der Waals surface area contributed by atoms with Gasteiger partial charge in [0.25, 0.3) is 11.5 Å². The Hall–Kier alpha value is -3.61. The van der Waals surface area contributed by atoms with Gasteiger partial charge in [0, 0.05) is 0 Å². The topological polar surface area (TPSA) is 118 Å². The van der Waals surface area contributed by atoms with Crippen molar-refractivity contribution in [2.45, 2.75) is 6.04 Å². The van der Waals surface area contributed by atoms with Crippen molar-refractivity contribution in [2.24, 2.45) is 5.73 Å². The number of amides is 2. The highest BCUT2D eigenvalue weighted by Gasteiger charge is 2.22. The van der Waals surface area contributed by atoms with Gasteiger partial charge in [-0.2, -0.15) is 0 Å². The van der Waals surface area contributed by atoms with Crippen molar-refractivity contribution in [3.05, 3.63) is 82.3 Å². The number of furan rings is 1. The molecule has 126 valence electrons. The Bertz CT molecular complexity index is 946. The summed E-state index contributed by atoms with van der Waals surface area (Å²) in [7, 11) is 0. The molecule has 0 fully saturated rings. The molecule has 0 saturated heterocycles. The van der Waals surface area contributed by atoms with Crippen LogP contribution < -0.4 is 16.6 Å². The number of aromatic amines is 1. The number of rotatable bonds is 5. The van der Waals surface area contributed by atoms with Gasteiger partial charge in [0.15, 0.2) is 0 Å². The van der Waals surface area contributed by atoms with Crippen LogP contribution in [0.5, 0.6) is 0 Å². The highest BCUT2D eigenvalue weighted by molar-refractivity contribution is 5.97. The zero-order valence-electron chi connectivity index (χ0n) is 13.1. The Morgan fingerprint density at radius 2 is 1.80 bits per heavy atom. The maximum absolute atomic E-state index is 12.4. The molecule has 3 rings (SSSR count). The molecule has 7 heteroatoms. The predicted molar refractivity (Wildman–Crippen MR) is 90.6 cm³/mol. The fourth-order valence-electron chi connectivity index (χ4n) is 2.40. The van der Waals surface area contributed by atoms with Gasteiger partial charge in [-0.25, -0.2) is 0 Å². The number of carbonyl (C=O) groups is 2. The Balaban J connectivity index is 1.85. The number of hydrogen-bond acceptors (Lipinski definition) is 4. The normalized spacial score (nSPS) is 11.7. The molecule has 1 atom stereocenters. The Morgan fingerprint density at radius 3 is 2.40 bits per heavy atom. The minimum Gasteiger partial charge on any atom is -0.463 e. The molecule has 2 aromatic heterocycles. The van der Waals surface area contributed by atoms with E-state index in [2.05, 4.69) is 10.3 Å². The SMILES string of the molecule is NC(=O)[C@H](NC(=O)c1ccc(-c2ccco2)[nH]c1=O)c1ccccc1. The first-order valence-corrected chi connectivity index (χ1v) is 7.48. The maximum Gasteiger partial charge on any atom is 0.261 e. The predicted octanol–water partition coefficient (Wildman–Crippen LogP) is 1.59. The monoisotopic (exact) mass is 337 g/mol. The second kappa shape index (κ2) is 6.88. The molecular formula is C18H15N3O4. The quantitative estimate of drug-likeness (QED) is 0.655. The first-order valence-electron chi connectivity index (χ1n) is 7.48. The fraction of sp³-hybridized carbons (Fsp3) is 0.0556. The molecule has 0 saturated carbocycles. The third-order valence-corrected chi connectivity index (χ3v) is 3.63. The zero-order chi connectivity index (χ0) is 17.8. The molecule has 1 aromatic carbocycles. The number of primary amides is 1. The number of H-pyrrole nitrogens is 1. The van der Waals surface area contributed by atoms with Crippen molar-refractivity contribution in [3.8, 4) is 11.5 Å². The molecule has 0 radical (unpaired) electrons. The average Bonchev–Trinajstić information content (AvgIpc) is 3.14. The standard InChI is InChI=1S/C18H15N3O4/c19-16(22)15(11-5-2-1-3-6-11)21-18(24)12-8-9-13(20-17(12)23)14-7-4-10-25-14/h1-10,15H,(H2,19,22)(H,20,23)(H,21,24)/t15-/m1/s1. The molecule has 0 bridgehead atoms. The average molecular weight is 337 g/mol. The maximum atomic E-state index is 12.4. The van der Waals surface area contributed by atoms with Gasteiger partial charge >= 0.3 is 0 Å². The summed E-state index contributed by atoms with van der Waals surface area (Å²) in [5.41, 5.74) is 5.63. The van der Waals surface area contributed by atoms with Gasteiger partial charge in [0.2, 0.25) is 5.91 Å². The lowest BCUT2D eigenvalue weighted by Gasteiger charge is -2.15. The van der Waals surface area contributed by atoms with Gasteiger partial charge in [0.05, 0.1) is 12.0 Å². The Morgan fingerprint density at radius 1 is 1.04 bits per heavy atom. The van der Waals surface area contributed by atoms with Crippen LogP contribution >= 0.6 is 0 Å². The van der Waals surface area contributed by atoms with Crippen LogP contribution in [0.15, 0.2) is 70.1 Å². The Kier molecular flexibility index (Phi) is 4.47.